The van der Waals surface area contributed by atoms with Crippen molar-refractivity contribution < 1.29 is 13.2 Å². The zero-order chi connectivity index (χ0) is 15.3. The highest BCUT2D eigenvalue weighted by atomic mass is 35.5. The van der Waals surface area contributed by atoms with Gasteiger partial charge in [-0.3, -0.25) is 0 Å². The minimum absolute atomic E-state index is 0.0308. The van der Waals surface area contributed by atoms with Gasteiger partial charge in [0.2, 0.25) is 10.0 Å². The maximum atomic E-state index is 12.3. The van der Waals surface area contributed by atoms with Crippen LogP contribution in [-0.2, 0) is 14.8 Å². The Morgan fingerprint density at radius 1 is 1.45 bits per heavy atom. The number of pyridine rings is 1. The highest BCUT2D eigenvalue weighted by Crippen LogP contribution is 2.22. The topological polar surface area (TPSA) is 80.3 Å². The third-order valence-electron chi connectivity index (χ3n) is 2.82. The average Bonchev–Trinajstić information content (AvgIpc) is 2.37. The van der Waals surface area contributed by atoms with Gasteiger partial charge in [-0.15, -0.1) is 0 Å². The first kappa shape index (κ1) is 17.2. The molecule has 6 nitrogen and oxygen atoms in total. The van der Waals surface area contributed by atoms with Gasteiger partial charge in [-0.25, -0.2) is 18.1 Å². The van der Waals surface area contributed by atoms with E-state index in [9.17, 15) is 8.42 Å². The fourth-order valence-electron chi connectivity index (χ4n) is 1.56. The average molecular weight is 322 g/mol. The molecule has 0 bridgehead atoms. The first-order valence-electron chi connectivity index (χ1n) is 6.16. The van der Waals surface area contributed by atoms with E-state index in [1.54, 1.807) is 7.05 Å². The highest BCUT2D eigenvalue weighted by Gasteiger charge is 2.23. The standard InChI is InChI=1S/C12H20ClN3O3S/c1-8(2)11(7-19-4)16-20(17,18)9-5-10(13)12(14-3)15-6-9/h5-6,8,11,16H,7H2,1-4H3,(H,14,15). The van der Waals surface area contributed by atoms with Crippen LogP contribution in [0.3, 0.4) is 0 Å². The normalized spacial score (nSPS) is 13.5. The van der Waals surface area contributed by atoms with Crippen LogP contribution in [0.5, 0.6) is 0 Å². The van der Waals surface area contributed by atoms with Crippen LogP contribution in [0.25, 0.3) is 0 Å². The van der Waals surface area contributed by atoms with Crippen LogP contribution in [0.2, 0.25) is 5.02 Å². The van der Waals surface area contributed by atoms with Crippen molar-refractivity contribution in [2.24, 2.45) is 5.92 Å². The van der Waals surface area contributed by atoms with Crippen molar-refractivity contribution in [2.45, 2.75) is 24.8 Å². The Labute approximate surface area is 124 Å². The molecule has 1 rings (SSSR count). The van der Waals surface area contributed by atoms with E-state index in [1.165, 1.54) is 19.4 Å². The largest absolute Gasteiger partial charge is 0.383 e. The van der Waals surface area contributed by atoms with Gasteiger partial charge < -0.3 is 10.1 Å². The Kier molecular flexibility index (Phi) is 6.19. The summed E-state index contributed by atoms with van der Waals surface area (Å²) in [6.45, 7) is 4.13. The smallest absolute Gasteiger partial charge is 0.242 e. The van der Waals surface area contributed by atoms with Gasteiger partial charge in [0.15, 0.2) is 0 Å². The number of anilines is 1. The molecule has 0 saturated carbocycles. The lowest BCUT2D eigenvalue weighted by Gasteiger charge is -2.21. The van der Waals surface area contributed by atoms with Crippen molar-refractivity contribution >= 4 is 27.4 Å². The zero-order valence-corrected chi connectivity index (χ0v) is 13.5. The van der Waals surface area contributed by atoms with Crippen LogP contribution < -0.4 is 10.0 Å². The molecule has 1 heterocycles. The number of sulfonamides is 1. The number of aromatic nitrogens is 1. The lowest BCUT2D eigenvalue weighted by atomic mass is 10.1. The van der Waals surface area contributed by atoms with Gasteiger partial charge in [-0.05, 0) is 12.0 Å². The fraction of sp³-hybridized carbons (Fsp3) is 0.583. The van der Waals surface area contributed by atoms with Crippen LogP contribution in [0.15, 0.2) is 17.2 Å². The van der Waals surface area contributed by atoms with Gasteiger partial charge in [0.05, 0.1) is 11.6 Å². The molecule has 0 aliphatic heterocycles. The van der Waals surface area contributed by atoms with Crippen molar-refractivity contribution in [3.8, 4) is 0 Å². The van der Waals surface area contributed by atoms with Crippen molar-refractivity contribution in [3.63, 3.8) is 0 Å². The molecule has 0 radical (unpaired) electrons. The SMILES string of the molecule is CNc1ncc(S(=O)(=O)NC(COC)C(C)C)cc1Cl. The highest BCUT2D eigenvalue weighted by molar-refractivity contribution is 7.89. The molecule has 20 heavy (non-hydrogen) atoms. The van der Waals surface area contributed by atoms with Crippen molar-refractivity contribution in [2.75, 3.05) is 26.1 Å². The van der Waals surface area contributed by atoms with E-state index in [0.29, 0.717) is 12.4 Å². The number of ether oxygens (including phenoxy) is 1. The number of hydrogen-bond acceptors (Lipinski definition) is 5. The maximum absolute atomic E-state index is 12.3. The molecule has 0 spiro atoms. The maximum Gasteiger partial charge on any atom is 0.242 e. The molecule has 2 N–H and O–H groups in total. The van der Waals surface area contributed by atoms with E-state index in [-0.39, 0.29) is 21.9 Å². The minimum Gasteiger partial charge on any atom is -0.383 e. The molecule has 0 fully saturated rings. The monoisotopic (exact) mass is 321 g/mol. The van der Waals surface area contributed by atoms with Crippen molar-refractivity contribution in [1.82, 2.24) is 9.71 Å². The van der Waals surface area contributed by atoms with Crippen molar-refractivity contribution in [3.05, 3.63) is 17.3 Å². The number of halogens is 1. The molecule has 0 amide bonds. The second-order valence-electron chi connectivity index (χ2n) is 4.68. The third-order valence-corrected chi connectivity index (χ3v) is 4.57. The van der Waals surface area contributed by atoms with Gasteiger partial charge in [0.1, 0.15) is 10.7 Å². The molecular weight excluding hydrogens is 302 g/mol. The number of nitrogens with one attached hydrogen (secondary N) is 2. The summed E-state index contributed by atoms with van der Waals surface area (Å²) in [5.41, 5.74) is 0. The second-order valence-corrected chi connectivity index (χ2v) is 6.80. The molecule has 1 aromatic rings. The van der Waals surface area contributed by atoms with Gasteiger partial charge >= 0.3 is 0 Å². The number of methoxy groups -OCH3 is 1. The molecule has 1 unspecified atom stereocenters. The molecule has 0 aliphatic rings. The van der Waals surface area contributed by atoms with E-state index >= 15 is 0 Å². The summed E-state index contributed by atoms with van der Waals surface area (Å²) in [6.07, 6.45) is 1.27. The van der Waals surface area contributed by atoms with E-state index in [4.69, 9.17) is 16.3 Å². The van der Waals surface area contributed by atoms with E-state index in [0.717, 1.165) is 0 Å². The summed E-state index contributed by atoms with van der Waals surface area (Å²) < 4.78 is 32.2. The number of hydrogen-bond donors (Lipinski definition) is 2. The molecule has 8 heteroatoms. The van der Waals surface area contributed by atoms with E-state index < -0.39 is 10.0 Å². The Morgan fingerprint density at radius 2 is 2.10 bits per heavy atom. The summed E-state index contributed by atoms with van der Waals surface area (Å²) in [5.74, 6) is 0.535. The van der Waals surface area contributed by atoms with Crippen LogP contribution in [0.4, 0.5) is 5.82 Å². The predicted octanol–water partition coefficient (Wildman–Crippen LogP) is 1.73. The molecule has 1 atom stereocenters. The first-order valence-corrected chi connectivity index (χ1v) is 8.02. The van der Waals surface area contributed by atoms with Crippen LogP contribution >= 0.6 is 11.6 Å². The Hall–Kier alpha value is -0.890. The van der Waals surface area contributed by atoms with E-state index in [2.05, 4.69) is 15.0 Å². The van der Waals surface area contributed by atoms with Crippen LogP contribution in [0, 0.1) is 5.92 Å². The summed E-state index contributed by atoms with van der Waals surface area (Å²) in [5, 5.41) is 3.03. The lowest BCUT2D eigenvalue weighted by Crippen LogP contribution is -2.41. The zero-order valence-electron chi connectivity index (χ0n) is 12.0. The Bertz CT molecular complexity index is 549. The quantitative estimate of drug-likeness (QED) is 0.799. The number of rotatable bonds is 7. The molecule has 0 aliphatic carbocycles. The minimum atomic E-state index is -3.68. The second kappa shape index (κ2) is 7.21. The first-order chi connectivity index (χ1) is 9.31. The number of nitrogens with zero attached hydrogens (tertiary/aromatic N) is 1. The van der Waals surface area contributed by atoms with Gasteiger partial charge in [0, 0.05) is 26.4 Å². The van der Waals surface area contributed by atoms with Gasteiger partial charge in [0.25, 0.3) is 0 Å². The molecular formula is C12H20ClN3O3S. The molecule has 114 valence electrons. The lowest BCUT2D eigenvalue weighted by molar-refractivity contribution is 0.157. The van der Waals surface area contributed by atoms with Crippen LogP contribution in [-0.4, -0.2) is 40.2 Å². The molecule has 0 saturated heterocycles. The fourth-order valence-corrected chi connectivity index (χ4v) is 3.23. The Balaban J connectivity index is 3.01. The molecule has 1 aromatic heterocycles. The van der Waals surface area contributed by atoms with Crippen molar-refractivity contribution in [1.29, 1.82) is 0 Å². The van der Waals surface area contributed by atoms with Gasteiger partial charge in [-0.2, -0.15) is 0 Å². The summed E-state index contributed by atoms with van der Waals surface area (Å²) >= 11 is 5.95. The molecule has 0 aromatic carbocycles. The van der Waals surface area contributed by atoms with Crippen LogP contribution in [0.1, 0.15) is 13.8 Å². The Morgan fingerprint density at radius 3 is 2.55 bits per heavy atom. The summed E-state index contributed by atoms with van der Waals surface area (Å²) in [7, 11) is -0.487. The van der Waals surface area contributed by atoms with E-state index in [1.807, 2.05) is 13.8 Å². The third kappa shape index (κ3) is 4.31. The predicted molar refractivity (Wildman–Crippen MR) is 79.6 cm³/mol. The van der Waals surface area contributed by atoms with Gasteiger partial charge in [-0.1, -0.05) is 25.4 Å². The summed E-state index contributed by atoms with van der Waals surface area (Å²) in [4.78, 5) is 4.00. The summed E-state index contributed by atoms with van der Waals surface area (Å²) in [6, 6.07) is 1.06.